The largest absolute Gasteiger partial charge is 0.381 e. The molecule has 3 rings (SSSR count). The number of ether oxygens (including phenoxy) is 1. The maximum atomic E-state index is 12.1. The second-order valence-corrected chi connectivity index (χ2v) is 6.06. The third-order valence-corrected chi connectivity index (χ3v) is 5.20. The van der Waals surface area contributed by atoms with Gasteiger partial charge in [0.15, 0.2) is 0 Å². The van der Waals surface area contributed by atoms with Gasteiger partial charge in [0.05, 0.1) is 0 Å². The molecule has 0 aromatic heterocycles. The van der Waals surface area contributed by atoms with Gasteiger partial charge < -0.3 is 10.1 Å². The molecule has 0 aromatic rings. The van der Waals surface area contributed by atoms with Gasteiger partial charge in [0.2, 0.25) is 5.91 Å². The van der Waals surface area contributed by atoms with Crippen molar-refractivity contribution in [1.29, 1.82) is 0 Å². The van der Waals surface area contributed by atoms with Gasteiger partial charge in [0.1, 0.15) is 0 Å². The first-order valence-corrected chi connectivity index (χ1v) is 7.18. The summed E-state index contributed by atoms with van der Waals surface area (Å²) in [6.45, 7) is 1.77. The van der Waals surface area contributed by atoms with E-state index in [4.69, 9.17) is 4.74 Å². The smallest absolute Gasteiger partial charge is 0.223 e. The predicted molar refractivity (Wildman–Crippen MR) is 65.6 cm³/mol. The van der Waals surface area contributed by atoms with Crippen LogP contribution in [0.15, 0.2) is 0 Å². The third-order valence-electron chi connectivity index (χ3n) is 5.20. The van der Waals surface area contributed by atoms with Crippen molar-refractivity contribution in [2.24, 2.45) is 11.3 Å². The van der Waals surface area contributed by atoms with Crippen molar-refractivity contribution in [3.63, 3.8) is 0 Å². The van der Waals surface area contributed by atoms with Crippen LogP contribution in [0.3, 0.4) is 0 Å². The van der Waals surface area contributed by atoms with Crippen molar-refractivity contribution in [3.05, 3.63) is 0 Å². The molecule has 3 fully saturated rings. The summed E-state index contributed by atoms with van der Waals surface area (Å²) in [5.41, 5.74) is 0.395. The monoisotopic (exact) mass is 237 g/mol. The highest BCUT2D eigenvalue weighted by atomic mass is 16.5. The first-order valence-electron chi connectivity index (χ1n) is 7.18. The second kappa shape index (κ2) is 4.60. The van der Waals surface area contributed by atoms with Gasteiger partial charge in [-0.2, -0.15) is 0 Å². The van der Waals surface area contributed by atoms with Crippen molar-refractivity contribution >= 4 is 5.91 Å². The normalized spacial score (nSPS) is 32.4. The Morgan fingerprint density at radius 2 is 1.76 bits per heavy atom. The highest BCUT2D eigenvalue weighted by Crippen LogP contribution is 2.48. The first-order chi connectivity index (χ1) is 8.30. The number of nitrogens with one attached hydrogen (secondary N) is 1. The van der Waals surface area contributed by atoms with Crippen molar-refractivity contribution < 1.29 is 9.53 Å². The summed E-state index contributed by atoms with van der Waals surface area (Å²) in [7, 11) is 0. The number of rotatable bonds is 2. The number of hydrogen-bond acceptors (Lipinski definition) is 2. The van der Waals surface area contributed by atoms with Crippen molar-refractivity contribution in [3.8, 4) is 0 Å². The van der Waals surface area contributed by atoms with Crippen molar-refractivity contribution in [1.82, 2.24) is 5.32 Å². The lowest BCUT2D eigenvalue weighted by Gasteiger charge is -2.52. The average molecular weight is 237 g/mol. The van der Waals surface area contributed by atoms with Crippen LogP contribution < -0.4 is 5.32 Å². The van der Waals surface area contributed by atoms with Gasteiger partial charge in [0, 0.05) is 25.2 Å². The molecular formula is C14H23NO2. The van der Waals surface area contributed by atoms with Crippen LogP contribution in [-0.4, -0.2) is 25.2 Å². The summed E-state index contributed by atoms with van der Waals surface area (Å²) >= 11 is 0. The van der Waals surface area contributed by atoms with E-state index in [0.717, 1.165) is 38.9 Å². The van der Waals surface area contributed by atoms with Crippen LogP contribution in [0.1, 0.15) is 51.4 Å². The Labute approximate surface area is 103 Å². The highest BCUT2D eigenvalue weighted by Gasteiger charge is 2.48. The quantitative estimate of drug-likeness (QED) is 0.800. The Balaban J connectivity index is 1.56. The molecule has 1 aliphatic heterocycles. The minimum absolute atomic E-state index is 0.312. The molecule has 1 atom stereocenters. The van der Waals surface area contributed by atoms with Gasteiger partial charge in [-0.1, -0.05) is 12.8 Å². The summed E-state index contributed by atoms with van der Waals surface area (Å²) in [4.78, 5) is 12.1. The standard InChI is InChI=1S/C14H23NO2/c16-13(11-3-1-2-4-11)15-12-5-6-14(12)7-9-17-10-8-14/h11-12H,1-10H2,(H,15,16). The summed E-state index contributed by atoms with van der Waals surface area (Å²) in [6.07, 6.45) is 9.43. The summed E-state index contributed by atoms with van der Waals surface area (Å²) in [5.74, 6) is 0.644. The molecule has 0 bridgehead atoms. The molecule has 0 aromatic carbocycles. The molecule has 3 aliphatic rings. The zero-order valence-corrected chi connectivity index (χ0v) is 10.5. The molecule has 1 unspecified atom stereocenters. The number of amides is 1. The van der Waals surface area contributed by atoms with Crippen molar-refractivity contribution in [2.75, 3.05) is 13.2 Å². The van der Waals surface area contributed by atoms with E-state index in [1.54, 1.807) is 0 Å². The number of carbonyl (C=O) groups excluding carboxylic acids is 1. The first kappa shape index (κ1) is 11.5. The lowest BCUT2D eigenvalue weighted by Crippen LogP contribution is -2.58. The molecule has 3 heteroatoms. The Morgan fingerprint density at radius 1 is 1.06 bits per heavy atom. The molecule has 1 saturated heterocycles. The van der Waals surface area contributed by atoms with Crippen LogP contribution in [-0.2, 0) is 9.53 Å². The average Bonchev–Trinajstić information content (AvgIpc) is 2.89. The van der Waals surface area contributed by atoms with E-state index < -0.39 is 0 Å². The zero-order valence-electron chi connectivity index (χ0n) is 10.5. The lowest BCUT2D eigenvalue weighted by molar-refractivity contribution is -0.130. The lowest BCUT2D eigenvalue weighted by atomic mass is 9.60. The minimum Gasteiger partial charge on any atom is -0.381 e. The van der Waals surface area contributed by atoms with E-state index in [1.165, 1.54) is 25.7 Å². The Hall–Kier alpha value is -0.570. The molecule has 3 nitrogen and oxygen atoms in total. The number of carbonyl (C=O) groups is 1. The molecule has 2 aliphatic carbocycles. The van der Waals surface area contributed by atoms with Crippen LogP contribution in [0.4, 0.5) is 0 Å². The SMILES string of the molecule is O=C(NC1CCC12CCOCC2)C1CCCC1. The fraction of sp³-hybridized carbons (Fsp3) is 0.929. The molecule has 1 spiro atoms. The Bertz CT molecular complexity index is 291. The molecule has 96 valence electrons. The Morgan fingerprint density at radius 3 is 2.35 bits per heavy atom. The van der Waals surface area contributed by atoms with Gasteiger partial charge >= 0.3 is 0 Å². The van der Waals surface area contributed by atoms with E-state index in [1.807, 2.05) is 0 Å². The van der Waals surface area contributed by atoms with E-state index in [-0.39, 0.29) is 0 Å². The molecule has 1 amide bonds. The maximum Gasteiger partial charge on any atom is 0.223 e. The molecule has 1 N–H and O–H groups in total. The Kier molecular flexibility index (Phi) is 3.12. The third kappa shape index (κ3) is 2.10. The zero-order chi connectivity index (χ0) is 11.7. The van der Waals surface area contributed by atoms with Crippen molar-refractivity contribution in [2.45, 2.75) is 57.4 Å². The summed E-state index contributed by atoms with van der Waals surface area (Å²) in [6, 6.07) is 0.444. The molecule has 2 saturated carbocycles. The minimum atomic E-state index is 0.312. The van der Waals surface area contributed by atoms with E-state index in [0.29, 0.717) is 23.3 Å². The second-order valence-electron chi connectivity index (χ2n) is 6.06. The maximum absolute atomic E-state index is 12.1. The van der Waals surface area contributed by atoms with Crippen LogP contribution in [0.25, 0.3) is 0 Å². The van der Waals surface area contributed by atoms with Crippen LogP contribution in [0.2, 0.25) is 0 Å². The van der Waals surface area contributed by atoms with Crippen LogP contribution in [0.5, 0.6) is 0 Å². The fourth-order valence-electron chi connectivity index (χ4n) is 3.78. The van der Waals surface area contributed by atoms with Gasteiger partial charge in [0.25, 0.3) is 0 Å². The summed E-state index contributed by atoms with van der Waals surface area (Å²) in [5, 5.41) is 3.32. The highest BCUT2D eigenvalue weighted by molar-refractivity contribution is 5.79. The molecule has 17 heavy (non-hydrogen) atoms. The van der Waals surface area contributed by atoms with Gasteiger partial charge in [-0.3, -0.25) is 4.79 Å². The molecule has 1 heterocycles. The van der Waals surface area contributed by atoms with Gasteiger partial charge in [-0.15, -0.1) is 0 Å². The summed E-state index contributed by atoms with van der Waals surface area (Å²) < 4.78 is 5.44. The predicted octanol–water partition coefficient (Wildman–Crippen LogP) is 2.25. The van der Waals surface area contributed by atoms with Gasteiger partial charge in [-0.05, 0) is 43.9 Å². The fourth-order valence-corrected chi connectivity index (χ4v) is 3.78. The number of hydrogen-bond donors (Lipinski definition) is 1. The van der Waals surface area contributed by atoms with E-state index >= 15 is 0 Å². The van der Waals surface area contributed by atoms with Gasteiger partial charge in [-0.25, -0.2) is 0 Å². The van der Waals surface area contributed by atoms with E-state index in [2.05, 4.69) is 5.32 Å². The molecule has 0 radical (unpaired) electrons. The van der Waals surface area contributed by atoms with E-state index in [9.17, 15) is 4.79 Å². The topological polar surface area (TPSA) is 38.3 Å². The van der Waals surface area contributed by atoms with Crippen LogP contribution in [0, 0.1) is 11.3 Å². The molecular weight excluding hydrogens is 214 g/mol. The van der Waals surface area contributed by atoms with Crippen LogP contribution >= 0.6 is 0 Å².